The second kappa shape index (κ2) is 8.52. The van der Waals surface area contributed by atoms with Gasteiger partial charge in [0.1, 0.15) is 5.75 Å². The Morgan fingerprint density at radius 3 is 2.75 bits per heavy atom. The van der Waals surface area contributed by atoms with E-state index >= 15 is 0 Å². The first kappa shape index (κ1) is 18.6. The molecule has 1 fully saturated rings. The summed E-state index contributed by atoms with van der Waals surface area (Å²) in [5.41, 5.74) is 2.28. The minimum atomic E-state index is 0.0486. The molecule has 6 heteroatoms. The molecule has 0 radical (unpaired) electrons. The number of hydrogen-bond donors (Lipinski definition) is 1. The number of piperidine rings is 1. The van der Waals surface area contributed by atoms with Crippen LogP contribution in [-0.2, 0) is 11.3 Å². The van der Waals surface area contributed by atoms with Gasteiger partial charge in [0, 0.05) is 12.1 Å². The highest BCUT2D eigenvalue weighted by Gasteiger charge is 2.24. The van der Waals surface area contributed by atoms with E-state index in [1.54, 1.807) is 7.11 Å². The molecule has 2 aliphatic heterocycles. The summed E-state index contributed by atoms with van der Waals surface area (Å²) in [5.74, 6) is 3.02. The lowest BCUT2D eigenvalue weighted by Crippen LogP contribution is -2.41. The lowest BCUT2D eigenvalue weighted by atomic mass is 9.89. The van der Waals surface area contributed by atoms with Gasteiger partial charge < -0.3 is 19.5 Å². The lowest BCUT2D eigenvalue weighted by molar-refractivity contribution is -0.122. The van der Waals surface area contributed by atoms with Crippen LogP contribution in [-0.4, -0.2) is 44.3 Å². The van der Waals surface area contributed by atoms with E-state index in [0.29, 0.717) is 25.8 Å². The summed E-state index contributed by atoms with van der Waals surface area (Å²) in [6.45, 7) is 3.06. The van der Waals surface area contributed by atoms with Crippen LogP contribution in [0.3, 0.4) is 0 Å². The quantitative estimate of drug-likeness (QED) is 0.832. The highest BCUT2D eigenvalue weighted by molar-refractivity contribution is 5.78. The number of para-hydroxylation sites is 1. The van der Waals surface area contributed by atoms with Crippen LogP contribution < -0.4 is 19.5 Å². The summed E-state index contributed by atoms with van der Waals surface area (Å²) >= 11 is 0. The Morgan fingerprint density at radius 2 is 1.93 bits per heavy atom. The zero-order valence-electron chi connectivity index (χ0n) is 16.1. The molecule has 0 unspecified atom stereocenters. The van der Waals surface area contributed by atoms with Gasteiger partial charge in [-0.3, -0.25) is 9.69 Å². The standard InChI is InChI=1S/C22H26N2O4/c1-26-19-5-3-2-4-18(19)13-23-22(25)14-24-10-8-16(9-11-24)17-6-7-20-21(12-17)28-15-27-20/h2-7,12,16H,8-11,13-15H2,1H3,(H,23,25). The van der Waals surface area contributed by atoms with E-state index in [-0.39, 0.29) is 5.91 Å². The number of rotatable bonds is 6. The topological polar surface area (TPSA) is 60.0 Å². The molecule has 0 aromatic heterocycles. The Morgan fingerprint density at radius 1 is 1.14 bits per heavy atom. The third-order valence-corrected chi connectivity index (χ3v) is 5.49. The number of nitrogens with zero attached hydrogens (tertiary/aromatic N) is 1. The van der Waals surface area contributed by atoms with E-state index in [1.807, 2.05) is 30.3 Å². The third kappa shape index (κ3) is 4.22. The van der Waals surface area contributed by atoms with Gasteiger partial charge in [0.25, 0.3) is 0 Å². The van der Waals surface area contributed by atoms with E-state index in [1.165, 1.54) is 5.56 Å². The maximum Gasteiger partial charge on any atom is 0.234 e. The fourth-order valence-electron chi connectivity index (χ4n) is 3.89. The highest BCUT2D eigenvalue weighted by atomic mass is 16.7. The average molecular weight is 382 g/mol. The Balaban J connectivity index is 1.24. The normalized spacial score (nSPS) is 16.8. The van der Waals surface area contributed by atoms with E-state index in [9.17, 15) is 4.79 Å². The van der Waals surface area contributed by atoms with E-state index in [2.05, 4.69) is 22.3 Å². The predicted octanol–water partition coefficient (Wildman–Crippen LogP) is 2.92. The number of fused-ring (bicyclic) bond motifs is 1. The fourth-order valence-corrected chi connectivity index (χ4v) is 3.89. The van der Waals surface area contributed by atoms with Crippen molar-refractivity contribution in [2.75, 3.05) is 33.5 Å². The number of ether oxygens (including phenoxy) is 3. The van der Waals surface area contributed by atoms with Crippen molar-refractivity contribution in [1.29, 1.82) is 0 Å². The molecule has 0 atom stereocenters. The lowest BCUT2D eigenvalue weighted by Gasteiger charge is -2.31. The van der Waals surface area contributed by atoms with Crippen LogP contribution in [0.25, 0.3) is 0 Å². The molecule has 0 saturated carbocycles. The summed E-state index contributed by atoms with van der Waals surface area (Å²) in [6.07, 6.45) is 2.08. The number of benzene rings is 2. The minimum Gasteiger partial charge on any atom is -0.496 e. The molecular formula is C22H26N2O4. The van der Waals surface area contributed by atoms with Crippen molar-refractivity contribution in [3.63, 3.8) is 0 Å². The van der Waals surface area contributed by atoms with Gasteiger partial charge >= 0.3 is 0 Å². The second-order valence-corrected chi connectivity index (χ2v) is 7.25. The van der Waals surface area contributed by atoms with Crippen LogP contribution in [0.15, 0.2) is 42.5 Å². The third-order valence-electron chi connectivity index (χ3n) is 5.49. The van der Waals surface area contributed by atoms with Gasteiger partial charge in [0.15, 0.2) is 11.5 Å². The molecule has 28 heavy (non-hydrogen) atoms. The Bertz CT molecular complexity index is 831. The van der Waals surface area contributed by atoms with Gasteiger partial charge in [-0.15, -0.1) is 0 Å². The molecule has 2 aliphatic rings. The van der Waals surface area contributed by atoms with Gasteiger partial charge in [0.2, 0.25) is 12.7 Å². The molecule has 2 aromatic carbocycles. The van der Waals surface area contributed by atoms with Crippen molar-refractivity contribution in [2.45, 2.75) is 25.3 Å². The molecule has 0 aliphatic carbocycles. The average Bonchev–Trinajstić information content (AvgIpc) is 3.21. The van der Waals surface area contributed by atoms with E-state index in [0.717, 1.165) is 48.7 Å². The van der Waals surface area contributed by atoms with Gasteiger partial charge in [-0.2, -0.15) is 0 Å². The summed E-state index contributed by atoms with van der Waals surface area (Å²) < 4.78 is 16.2. The molecule has 2 heterocycles. The number of carbonyl (C=O) groups is 1. The summed E-state index contributed by atoms with van der Waals surface area (Å²) in [6, 6.07) is 14.0. The zero-order chi connectivity index (χ0) is 19.3. The van der Waals surface area contributed by atoms with Crippen LogP contribution in [0.5, 0.6) is 17.2 Å². The Labute approximate surface area is 165 Å². The first-order valence-corrected chi connectivity index (χ1v) is 9.73. The predicted molar refractivity (Wildman–Crippen MR) is 106 cm³/mol. The molecule has 1 saturated heterocycles. The number of hydrogen-bond acceptors (Lipinski definition) is 5. The number of methoxy groups -OCH3 is 1. The highest BCUT2D eigenvalue weighted by Crippen LogP contribution is 2.37. The van der Waals surface area contributed by atoms with Crippen molar-refractivity contribution in [3.8, 4) is 17.2 Å². The number of likely N-dealkylation sites (tertiary alicyclic amines) is 1. The molecule has 1 N–H and O–H groups in total. The molecule has 4 rings (SSSR count). The monoisotopic (exact) mass is 382 g/mol. The number of nitrogens with one attached hydrogen (secondary N) is 1. The molecule has 148 valence electrons. The fraction of sp³-hybridized carbons (Fsp3) is 0.409. The number of carbonyl (C=O) groups excluding carboxylic acids is 1. The summed E-state index contributed by atoms with van der Waals surface area (Å²) in [7, 11) is 1.64. The van der Waals surface area contributed by atoms with Gasteiger partial charge in [-0.1, -0.05) is 24.3 Å². The minimum absolute atomic E-state index is 0.0486. The Hall–Kier alpha value is -2.73. The maximum absolute atomic E-state index is 12.3. The molecule has 0 bridgehead atoms. The van der Waals surface area contributed by atoms with E-state index < -0.39 is 0 Å². The second-order valence-electron chi connectivity index (χ2n) is 7.25. The van der Waals surface area contributed by atoms with Crippen molar-refractivity contribution in [2.24, 2.45) is 0 Å². The van der Waals surface area contributed by atoms with Gasteiger partial charge in [-0.25, -0.2) is 0 Å². The van der Waals surface area contributed by atoms with E-state index in [4.69, 9.17) is 14.2 Å². The van der Waals surface area contributed by atoms with Crippen LogP contribution in [0, 0.1) is 0 Å². The maximum atomic E-state index is 12.3. The smallest absolute Gasteiger partial charge is 0.234 e. The van der Waals surface area contributed by atoms with Crippen LogP contribution in [0.1, 0.15) is 29.9 Å². The first-order valence-electron chi connectivity index (χ1n) is 9.73. The molecule has 2 aromatic rings. The zero-order valence-corrected chi connectivity index (χ0v) is 16.1. The molecule has 0 spiro atoms. The van der Waals surface area contributed by atoms with Crippen molar-refractivity contribution < 1.29 is 19.0 Å². The molecule has 6 nitrogen and oxygen atoms in total. The SMILES string of the molecule is COc1ccccc1CNC(=O)CN1CCC(c2ccc3c(c2)OCO3)CC1. The van der Waals surface area contributed by atoms with Gasteiger partial charge in [0.05, 0.1) is 13.7 Å². The van der Waals surface area contributed by atoms with Crippen molar-refractivity contribution >= 4 is 5.91 Å². The van der Waals surface area contributed by atoms with Crippen molar-refractivity contribution in [1.82, 2.24) is 10.2 Å². The van der Waals surface area contributed by atoms with Crippen LogP contribution in [0.4, 0.5) is 0 Å². The van der Waals surface area contributed by atoms with Crippen LogP contribution >= 0.6 is 0 Å². The Kier molecular flexibility index (Phi) is 5.67. The first-order chi connectivity index (χ1) is 13.7. The number of amides is 1. The van der Waals surface area contributed by atoms with Gasteiger partial charge in [-0.05, 0) is 55.6 Å². The summed E-state index contributed by atoms with van der Waals surface area (Å²) in [5, 5.41) is 3.00. The summed E-state index contributed by atoms with van der Waals surface area (Å²) in [4.78, 5) is 14.6. The molecule has 1 amide bonds. The van der Waals surface area contributed by atoms with Crippen molar-refractivity contribution in [3.05, 3.63) is 53.6 Å². The van der Waals surface area contributed by atoms with Crippen LogP contribution in [0.2, 0.25) is 0 Å². The molecular weight excluding hydrogens is 356 g/mol. The largest absolute Gasteiger partial charge is 0.496 e.